The van der Waals surface area contributed by atoms with E-state index >= 15 is 0 Å². The Morgan fingerprint density at radius 1 is 1.35 bits per heavy atom. The minimum absolute atomic E-state index is 0.0505. The lowest BCUT2D eigenvalue weighted by Crippen LogP contribution is -2.35. The fourth-order valence-corrected chi connectivity index (χ4v) is 2.31. The molecule has 20 heavy (non-hydrogen) atoms. The number of nitrogens with one attached hydrogen (secondary N) is 1. The van der Waals surface area contributed by atoms with Gasteiger partial charge in [-0.3, -0.25) is 4.79 Å². The quantitative estimate of drug-likeness (QED) is 0.642. The van der Waals surface area contributed by atoms with Crippen molar-refractivity contribution >= 4 is 17.7 Å². The molecule has 0 unspecified atom stereocenters. The van der Waals surface area contributed by atoms with Gasteiger partial charge in [-0.25, -0.2) is 0 Å². The molecular formula is C16H25NO2S. The van der Waals surface area contributed by atoms with E-state index in [4.69, 9.17) is 4.74 Å². The third-order valence-electron chi connectivity index (χ3n) is 2.45. The Labute approximate surface area is 126 Å². The molecule has 1 N–H and O–H groups in total. The summed E-state index contributed by atoms with van der Waals surface area (Å²) in [6.07, 6.45) is -0.0505. The Hall–Kier alpha value is -1.00. The van der Waals surface area contributed by atoms with Gasteiger partial charge in [-0.15, -0.1) is 11.8 Å². The van der Waals surface area contributed by atoms with Crippen LogP contribution in [0, 0.1) is 0 Å². The Kier molecular flexibility index (Phi) is 6.56. The largest absolute Gasteiger partial charge is 0.462 e. The zero-order valence-electron chi connectivity index (χ0n) is 13.0. The van der Waals surface area contributed by atoms with Gasteiger partial charge in [0.1, 0.15) is 0 Å². The van der Waals surface area contributed by atoms with Crippen molar-refractivity contribution in [1.29, 1.82) is 0 Å². The average molecular weight is 295 g/mol. The zero-order valence-corrected chi connectivity index (χ0v) is 13.8. The molecule has 0 radical (unpaired) electrons. The van der Waals surface area contributed by atoms with Crippen LogP contribution in [0.4, 0.5) is 0 Å². The third kappa shape index (κ3) is 7.56. The Bertz CT molecular complexity index is 438. The molecule has 0 spiro atoms. The van der Waals surface area contributed by atoms with Crippen LogP contribution < -0.4 is 5.32 Å². The Morgan fingerprint density at radius 3 is 2.65 bits per heavy atom. The minimum Gasteiger partial charge on any atom is -0.462 e. The number of carbonyl (C=O) groups is 1. The first-order valence-electron chi connectivity index (χ1n) is 6.92. The summed E-state index contributed by atoms with van der Waals surface area (Å²) in [5.74, 6) is 0.192. The van der Waals surface area contributed by atoms with Gasteiger partial charge in [-0.2, -0.15) is 0 Å². The van der Waals surface area contributed by atoms with E-state index < -0.39 is 0 Å². The van der Waals surface area contributed by atoms with Crippen LogP contribution in [-0.2, 0) is 16.1 Å². The summed E-state index contributed by atoms with van der Waals surface area (Å²) in [4.78, 5) is 12.6. The number of rotatable bonds is 6. The van der Waals surface area contributed by atoms with Crippen molar-refractivity contribution in [2.75, 3.05) is 5.75 Å². The smallest absolute Gasteiger partial charge is 0.316 e. The first-order valence-corrected chi connectivity index (χ1v) is 7.91. The molecule has 1 aromatic carbocycles. The van der Waals surface area contributed by atoms with Crippen LogP contribution in [0.2, 0.25) is 0 Å². The van der Waals surface area contributed by atoms with E-state index in [9.17, 15) is 4.79 Å². The van der Waals surface area contributed by atoms with Gasteiger partial charge in [-0.1, -0.05) is 12.1 Å². The maximum absolute atomic E-state index is 11.5. The molecule has 1 rings (SSSR count). The van der Waals surface area contributed by atoms with E-state index in [1.54, 1.807) is 0 Å². The molecule has 112 valence electrons. The predicted octanol–water partition coefficient (Wildman–Crippen LogP) is 3.62. The van der Waals surface area contributed by atoms with E-state index in [1.165, 1.54) is 17.3 Å². The van der Waals surface area contributed by atoms with Crippen molar-refractivity contribution in [2.45, 2.75) is 57.7 Å². The van der Waals surface area contributed by atoms with Crippen molar-refractivity contribution in [3.8, 4) is 0 Å². The van der Waals surface area contributed by atoms with E-state index in [-0.39, 0.29) is 17.6 Å². The molecule has 1 aromatic rings. The monoisotopic (exact) mass is 295 g/mol. The molecular weight excluding hydrogens is 270 g/mol. The summed E-state index contributed by atoms with van der Waals surface area (Å²) in [7, 11) is 0. The molecule has 0 amide bonds. The molecule has 0 aromatic heterocycles. The van der Waals surface area contributed by atoms with Crippen LogP contribution in [0.25, 0.3) is 0 Å². The highest BCUT2D eigenvalue weighted by Crippen LogP contribution is 2.20. The zero-order chi connectivity index (χ0) is 15.2. The van der Waals surface area contributed by atoms with Crippen molar-refractivity contribution in [1.82, 2.24) is 5.32 Å². The first kappa shape index (κ1) is 17.1. The summed E-state index contributed by atoms with van der Waals surface area (Å²) in [5.41, 5.74) is 1.33. The van der Waals surface area contributed by atoms with Crippen LogP contribution in [0.1, 0.15) is 40.2 Å². The SMILES string of the molecule is CC(C)OC(=O)CSc1cccc(CNC(C)(C)C)c1. The van der Waals surface area contributed by atoms with Gasteiger partial charge >= 0.3 is 5.97 Å². The van der Waals surface area contributed by atoms with Gasteiger partial charge in [0.25, 0.3) is 0 Å². The minimum atomic E-state index is -0.164. The van der Waals surface area contributed by atoms with Crippen LogP contribution in [0.15, 0.2) is 29.2 Å². The van der Waals surface area contributed by atoms with E-state index in [0.717, 1.165) is 11.4 Å². The van der Waals surface area contributed by atoms with E-state index in [2.05, 4.69) is 38.2 Å². The van der Waals surface area contributed by atoms with Crippen molar-refractivity contribution in [2.24, 2.45) is 0 Å². The second kappa shape index (κ2) is 7.70. The van der Waals surface area contributed by atoms with Gasteiger partial charge in [-0.05, 0) is 52.3 Å². The van der Waals surface area contributed by atoms with Gasteiger partial charge in [0.05, 0.1) is 11.9 Å². The van der Waals surface area contributed by atoms with Crippen LogP contribution >= 0.6 is 11.8 Å². The molecule has 0 atom stereocenters. The van der Waals surface area contributed by atoms with Crippen LogP contribution in [0.3, 0.4) is 0 Å². The highest BCUT2D eigenvalue weighted by atomic mass is 32.2. The third-order valence-corrected chi connectivity index (χ3v) is 3.41. The molecule has 0 aliphatic rings. The molecule has 0 aliphatic heterocycles. The average Bonchev–Trinajstić information content (AvgIpc) is 2.33. The van der Waals surface area contributed by atoms with Crippen molar-refractivity contribution in [3.63, 3.8) is 0 Å². The number of esters is 1. The number of benzene rings is 1. The lowest BCUT2D eigenvalue weighted by molar-refractivity contribution is -0.144. The maximum atomic E-state index is 11.5. The summed E-state index contributed by atoms with van der Waals surface area (Å²) >= 11 is 1.52. The van der Waals surface area contributed by atoms with Gasteiger partial charge < -0.3 is 10.1 Å². The maximum Gasteiger partial charge on any atom is 0.316 e. The fourth-order valence-electron chi connectivity index (χ4n) is 1.55. The fraction of sp³-hybridized carbons (Fsp3) is 0.562. The predicted molar refractivity (Wildman–Crippen MR) is 85.0 cm³/mol. The normalized spacial score (nSPS) is 11.7. The van der Waals surface area contributed by atoms with Crippen molar-refractivity contribution in [3.05, 3.63) is 29.8 Å². The summed E-state index contributed by atoms with van der Waals surface area (Å²) < 4.78 is 5.12. The summed E-state index contributed by atoms with van der Waals surface area (Å²) in [6.45, 7) is 11.0. The van der Waals surface area contributed by atoms with Crippen LogP contribution in [0.5, 0.6) is 0 Å². The Morgan fingerprint density at radius 2 is 2.05 bits per heavy atom. The summed E-state index contributed by atoms with van der Waals surface area (Å²) in [6, 6.07) is 8.25. The highest BCUT2D eigenvalue weighted by molar-refractivity contribution is 8.00. The number of hydrogen-bond acceptors (Lipinski definition) is 4. The van der Waals surface area contributed by atoms with Gasteiger partial charge in [0, 0.05) is 17.0 Å². The number of ether oxygens (including phenoxy) is 1. The van der Waals surface area contributed by atoms with Crippen LogP contribution in [-0.4, -0.2) is 23.4 Å². The van der Waals surface area contributed by atoms with E-state index in [0.29, 0.717) is 5.75 Å². The second-order valence-corrected chi connectivity index (χ2v) is 7.13. The lowest BCUT2D eigenvalue weighted by Gasteiger charge is -2.20. The molecule has 0 bridgehead atoms. The second-order valence-electron chi connectivity index (χ2n) is 6.08. The lowest BCUT2D eigenvalue weighted by atomic mass is 10.1. The van der Waals surface area contributed by atoms with Gasteiger partial charge in [0.15, 0.2) is 0 Å². The molecule has 0 saturated carbocycles. The molecule has 0 heterocycles. The molecule has 0 fully saturated rings. The topological polar surface area (TPSA) is 38.3 Å². The number of thioether (sulfide) groups is 1. The van der Waals surface area contributed by atoms with Gasteiger partial charge in [0.2, 0.25) is 0 Å². The van der Waals surface area contributed by atoms with Crippen molar-refractivity contribution < 1.29 is 9.53 Å². The first-order chi connectivity index (χ1) is 9.26. The molecule has 0 aliphatic carbocycles. The van der Waals surface area contributed by atoms with E-state index in [1.807, 2.05) is 26.0 Å². The summed E-state index contributed by atoms with van der Waals surface area (Å²) in [5, 5.41) is 3.46. The molecule has 4 heteroatoms. The number of hydrogen-bond donors (Lipinski definition) is 1. The standard InChI is InChI=1S/C16H25NO2S/c1-12(2)19-15(18)11-20-14-8-6-7-13(9-14)10-17-16(3,4)5/h6-9,12,17H,10-11H2,1-5H3. The molecule has 3 nitrogen and oxygen atoms in total. The molecule has 0 saturated heterocycles. The Balaban J connectivity index is 2.49. The highest BCUT2D eigenvalue weighted by Gasteiger charge is 2.09. The number of carbonyl (C=O) groups excluding carboxylic acids is 1.